The van der Waals surface area contributed by atoms with Gasteiger partial charge >= 0.3 is 5.97 Å². The summed E-state index contributed by atoms with van der Waals surface area (Å²) in [6.45, 7) is 2.54. The van der Waals surface area contributed by atoms with Crippen molar-refractivity contribution in [1.29, 1.82) is 0 Å². The van der Waals surface area contributed by atoms with Crippen LogP contribution >= 0.6 is 11.8 Å². The highest BCUT2D eigenvalue weighted by Gasteiger charge is 2.10. The molecule has 0 aliphatic carbocycles. The van der Waals surface area contributed by atoms with Crippen LogP contribution in [0.25, 0.3) is 0 Å². The molecule has 0 saturated carbocycles. The number of halogens is 1. The topological polar surface area (TPSA) is 46.5 Å². The van der Waals surface area contributed by atoms with Crippen LogP contribution in [-0.2, 0) is 0 Å². The quantitative estimate of drug-likeness (QED) is 0.781. The third-order valence-electron chi connectivity index (χ3n) is 1.87. The van der Waals surface area contributed by atoms with Gasteiger partial charge in [-0.15, -0.1) is 0 Å². The molecule has 0 amide bonds. The van der Waals surface area contributed by atoms with Crippen molar-refractivity contribution in [2.24, 2.45) is 0 Å². The summed E-state index contributed by atoms with van der Waals surface area (Å²) < 4.78 is 18.5. The normalized spacial score (nSPS) is 10.1. The van der Waals surface area contributed by atoms with E-state index in [9.17, 15) is 9.18 Å². The molecule has 0 aromatic heterocycles. The number of benzene rings is 1. The Morgan fingerprint density at radius 2 is 2.31 bits per heavy atom. The molecular formula is C11H13FO3S. The van der Waals surface area contributed by atoms with Gasteiger partial charge in [0.25, 0.3) is 0 Å². The van der Waals surface area contributed by atoms with E-state index in [1.54, 1.807) is 11.8 Å². The van der Waals surface area contributed by atoms with E-state index >= 15 is 0 Å². The number of aromatic carboxylic acids is 1. The van der Waals surface area contributed by atoms with Crippen LogP contribution in [-0.4, -0.2) is 29.2 Å². The molecule has 0 spiro atoms. The van der Waals surface area contributed by atoms with Gasteiger partial charge in [-0.2, -0.15) is 11.8 Å². The van der Waals surface area contributed by atoms with Crippen LogP contribution in [0.5, 0.6) is 5.75 Å². The molecule has 1 rings (SSSR count). The van der Waals surface area contributed by atoms with Gasteiger partial charge in [-0.3, -0.25) is 0 Å². The number of hydrogen-bond donors (Lipinski definition) is 1. The molecule has 0 fully saturated rings. The fourth-order valence-corrected chi connectivity index (χ4v) is 1.61. The minimum Gasteiger partial charge on any atom is -0.493 e. The van der Waals surface area contributed by atoms with Crippen molar-refractivity contribution < 1.29 is 19.0 Å². The first-order valence-corrected chi connectivity index (χ1v) is 6.04. The minimum atomic E-state index is -1.27. The summed E-state index contributed by atoms with van der Waals surface area (Å²) in [5.74, 6) is 0.159. The van der Waals surface area contributed by atoms with Crippen molar-refractivity contribution in [1.82, 2.24) is 0 Å². The third kappa shape index (κ3) is 3.73. The smallest absolute Gasteiger partial charge is 0.338 e. The van der Waals surface area contributed by atoms with Crippen molar-refractivity contribution in [3.8, 4) is 5.75 Å². The summed E-state index contributed by atoms with van der Waals surface area (Å²) in [4.78, 5) is 10.5. The molecule has 88 valence electrons. The molecule has 0 bridgehead atoms. The average molecular weight is 244 g/mol. The number of hydrogen-bond acceptors (Lipinski definition) is 3. The van der Waals surface area contributed by atoms with Gasteiger partial charge in [-0.1, -0.05) is 6.92 Å². The number of carbonyl (C=O) groups is 1. The van der Waals surface area contributed by atoms with E-state index in [0.717, 1.165) is 17.6 Å². The van der Waals surface area contributed by atoms with Gasteiger partial charge in [0.15, 0.2) is 0 Å². The lowest BCUT2D eigenvalue weighted by Crippen LogP contribution is -2.03. The third-order valence-corrected chi connectivity index (χ3v) is 2.74. The largest absolute Gasteiger partial charge is 0.493 e. The Kier molecular flexibility index (Phi) is 5.11. The van der Waals surface area contributed by atoms with Crippen molar-refractivity contribution in [3.63, 3.8) is 0 Å². The van der Waals surface area contributed by atoms with Crippen LogP contribution in [0.2, 0.25) is 0 Å². The lowest BCUT2D eigenvalue weighted by Gasteiger charge is -2.06. The number of carboxylic acid groups (broad SMARTS) is 1. The number of thioether (sulfide) groups is 1. The first kappa shape index (κ1) is 12.8. The van der Waals surface area contributed by atoms with Crippen molar-refractivity contribution in [2.75, 3.05) is 18.1 Å². The van der Waals surface area contributed by atoms with E-state index < -0.39 is 11.8 Å². The predicted molar refractivity (Wildman–Crippen MR) is 61.9 cm³/mol. The Bertz CT molecular complexity index is 368. The summed E-state index contributed by atoms with van der Waals surface area (Å²) in [7, 11) is 0. The van der Waals surface area contributed by atoms with Crippen LogP contribution in [0, 0.1) is 5.82 Å². The molecule has 0 saturated heterocycles. The maximum Gasteiger partial charge on any atom is 0.338 e. The Labute approximate surface area is 97.6 Å². The highest BCUT2D eigenvalue weighted by atomic mass is 32.2. The highest BCUT2D eigenvalue weighted by molar-refractivity contribution is 7.99. The van der Waals surface area contributed by atoms with Crippen molar-refractivity contribution in [3.05, 3.63) is 29.6 Å². The molecule has 1 aromatic carbocycles. The van der Waals surface area contributed by atoms with Crippen LogP contribution in [0.3, 0.4) is 0 Å². The zero-order chi connectivity index (χ0) is 12.0. The Balaban J connectivity index is 2.56. The van der Waals surface area contributed by atoms with Gasteiger partial charge in [0.05, 0.1) is 12.2 Å². The summed E-state index contributed by atoms with van der Waals surface area (Å²) in [6, 6.07) is 3.77. The van der Waals surface area contributed by atoms with E-state index in [4.69, 9.17) is 9.84 Å². The van der Waals surface area contributed by atoms with Crippen molar-refractivity contribution >= 4 is 17.7 Å². The zero-order valence-electron chi connectivity index (χ0n) is 8.90. The molecule has 5 heteroatoms. The Morgan fingerprint density at radius 3 is 2.88 bits per heavy atom. The second-order valence-electron chi connectivity index (χ2n) is 2.99. The summed E-state index contributed by atoms with van der Waals surface area (Å²) >= 11 is 1.73. The van der Waals surface area contributed by atoms with E-state index in [1.165, 1.54) is 12.1 Å². The van der Waals surface area contributed by atoms with Crippen LogP contribution in [0.1, 0.15) is 17.3 Å². The average Bonchev–Trinajstić information content (AvgIpc) is 2.24. The highest BCUT2D eigenvalue weighted by Crippen LogP contribution is 2.17. The molecule has 0 aliphatic rings. The van der Waals surface area contributed by atoms with Crippen molar-refractivity contribution in [2.45, 2.75) is 6.92 Å². The monoisotopic (exact) mass is 244 g/mol. The number of ether oxygens (including phenoxy) is 1. The van der Waals surface area contributed by atoms with Gasteiger partial charge in [0.2, 0.25) is 0 Å². The fraction of sp³-hybridized carbons (Fsp3) is 0.364. The van der Waals surface area contributed by atoms with E-state index in [0.29, 0.717) is 12.4 Å². The lowest BCUT2D eigenvalue weighted by atomic mass is 10.2. The molecule has 3 nitrogen and oxygen atoms in total. The molecule has 0 unspecified atom stereocenters. The summed E-state index contributed by atoms with van der Waals surface area (Å²) in [5.41, 5.74) is -0.338. The van der Waals surface area contributed by atoms with Gasteiger partial charge in [0, 0.05) is 11.8 Å². The van der Waals surface area contributed by atoms with Crippen LogP contribution < -0.4 is 4.74 Å². The minimum absolute atomic E-state index is 0.338. The molecule has 0 heterocycles. The first-order chi connectivity index (χ1) is 7.65. The predicted octanol–water partition coefficient (Wildman–Crippen LogP) is 2.66. The molecule has 0 aliphatic heterocycles. The molecule has 1 aromatic rings. The second kappa shape index (κ2) is 6.37. The maximum atomic E-state index is 13.2. The van der Waals surface area contributed by atoms with Gasteiger partial charge < -0.3 is 9.84 Å². The zero-order valence-corrected chi connectivity index (χ0v) is 9.72. The maximum absolute atomic E-state index is 13.2. The Hall–Kier alpha value is -1.23. The SMILES string of the molecule is CCSCCOc1ccc(C(=O)O)c(F)c1. The second-order valence-corrected chi connectivity index (χ2v) is 4.39. The van der Waals surface area contributed by atoms with E-state index in [1.807, 2.05) is 6.92 Å². The molecule has 1 N–H and O–H groups in total. The van der Waals surface area contributed by atoms with E-state index in [2.05, 4.69) is 0 Å². The molecule has 16 heavy (non-hydrogen) atoms. The van der Waals surface area contributed by atoms with Gasteiger partial charge in [0.1, 0.15) is 11.6 Å². The molecular weight excluding hydrogens is 231 g/mol. The Morgan fingerprint density at radius 1 is 1.56 bits per heavy atom. The standard InChI is InChI=1S/C11H13FO3S/c1-2-16-6-5-15-8-3-4-9(11(13)14)10(12)7-8/h3-4,7H,2,5-6H2,1H3,(H,13,14). The first-order valence-electron chi connectivity index (χ1n) is 4.88. The molecule has 0 radical (unpaired) electrons. The number of carboxylic acids is 1. The fourth-order valence-electron chi connectivity index (χ4n) is 1.12. The van der Waals surface area contributed by atoms with Gasteiger partial charge in [-0.05, 0) is 17.9 Å². The van der Waals surface area contributed by atoms with Gasteiger partial charge in [-0.25, -0.2) is 9.18 Å². The summed E-state index contributed by atoms with van der Waals surface area (Å²) in [5, 5.41) is 8.62. The van der Waals surface area contributed by atoms with Crippen LogP contribution in [0.15, 0.2) is 18.2 Å². The summed E-state index contributed by atoms with van der Waals surface area (Å²) in [6.07, 6.45) is 0. The van der Waals surface area contributed by atoms with Crippen LogP contribution in [0.4, 0.5) is 4.39 Å². The molecule has 0 atom stereocenters. The lowest BCUT2D eigenvalue weighted by molar-refractivity contribution is 0.0692. The number of rotatable bonds is 6. The van der Waals surface area contributed by atoms with E-state index in [-0.39, 0.29) is 5.56 Å².